The number of nitrogens with one attached hydrogen (secondary N) is 1. The zero-order chi connectivity index (χ0) is 28.9. The maximum Gasteiger partial charge on any atom is 0.136 e. The number of hydrogen-bond donors (Lipinski definition) is 2. The molecule has 0 spiro atoms. The first kappa shape index (κ1) is 26.7. The number of rotatable bonds is 7. The summed E-state index contributed by atoms with van der Waals surface area (Å²) in [5.41, 5.74) is 15.4. The molecule has 196 valence electrons. The number of benzene rings is 4. The van der Waals surface area contributed by atoms with Gasteiger partial charge in [-0.15, -0.1) is 0 Å². The Kier molecular flexibility index (Phi) is 7.45. The Balaban J connectivity index is 1.49. The molecule has 4 aromatic carbocycles. The van der Waals surface area contributed by atoms with Crippen LogP contribution in [0.5, 0.6) is 0 Å². The van der Waals surface area contributed by atoms with Crippen molar-refractivity contribution in [1.29, 1.82) is 15.9 Å². The lowest BCUT2D eigenvalue weighted by atomic mass is 9.97. The van der Waals surface area contributed by atoms with Gasteiger partial charge in [0.2, 0.25) is 0 Å². The molecule has 41 heavy (non-hydrogen) atoms. The molecule has 0 unspecified atom stereocenters. The van der Waals surface area contributed by atoms with Gasteiger partial charge < -0.3 is 15.6 Å². The Morgan fingerprint density at radius 1 is 0.756 bits per heavy atom. The molecule has 0 amide bonds. The van der Waals surface area contributed by atoms with Crippen LogP contribution < -0.4 is 5.73 Å². The number of nitrogens with two attached hydrogens (primary N) is 1. The number of nitriles is 2. The van der Waals surface area contributed by atoms with E-state index in [0.29, 0.717) is 11.1 Å². The maximum atomic E-state index is 9.20. The monoisotopic (exact) mass is 530 g/mol. The predicted molar refractivity (Wildman–Crippen MR) is 168 cm³/mol. The molecule has 1 aromatic heterocycles. The minimum atomic E-state index is 0.249. The second-order valence-electron chi connectivity index (χ2n) is 9.63. The molecule has 0 aliphatic heterocycles. The molecule has 3 N–H and O–H groups in total. The van der Waals surface area contributed by atoms with Crippen molar-refractivity contribution in [2.75, 3.05) is 0 Å². The third kappa shape index (κ3) is 5.47. The van der Waals surface area contributed by atoms with Crippen molar-refractivity contribution in [3.8, 4) is 34.4 Å². The summed E-state index contributed by atoms with van der Waals surface area (Å²) in [5, 5.41) is 27.8. The van der Waals surface area contributed by atoms with Gasteiger partial charge in [0.05, 0.1) is 11.1 Å². The van der Waals surface area contributed by atoms with E-state index in [9.17, 15) is 5.26 Å². The van der Waals surface area contributed by atoms with Crippen molar-refractivity contribution < 1.29 is 4.42 Å². The van der Waals surface area contributed by atoms with Gasteiger partial charge in [-0.05, 0) is 100 Å². The average molecular weight is 531 g/mol. The van der Waals surface area contributed by atoms with Crippen LogP contribution in [-0.2, 0) is 0 Å². The van der Waals surface area contributed by atoms with Crippen LogP contribution in [0.15, 0.2) is 125 Å². The van der Waals surface area contributed by atoms with Crippen LogP contribution in [0.4, 0.5) is 0 Å². The molecule has 0 saturated heterocycles. The van der Waals surface area contributed by atoms with Crippen LogP contribution in [0, 0.1) is 28.1 Å². The van der Waals surface area contributed by atoms with Gasteiger partial charge in [0.25, 0.3) is 0 Å². The molecule has 0 aliphatic rings. The van der Waals surface area contributed by atoms with E-state index >= 15 is 0 Å². The van der Waals surface area contributed by atoms with E-state index in [1.807, 2.05) is 55.5 Å². The highest BCUT2D eigenvalue weighted by Crippen LogP contribution is 2.35. The van der Waals surface area contributed by atoms with E-state index in [4.69, 9.17) is 20.8 Å². The van der Waals surface area contributed by atoms with Gasteiger partial charge in [-0.2, -0.15) is 10.5 Å². The van der Waals surface area contributed by atoms with Crippen LogP contribution in [0.25, 0.3) is 55.3 Å². The summed E-state index contributed by atoms with van der Waals surface area (Å²) in [6.07, 6.45) is 5.73. The van der Waals surface area contributed by atoms with E-state index in [2.05, 4.69) is 55.1 Å². The molecular weight excluding hydrogens is 504 g/mol. The number of allylic oxidation sites excluding steroid dienone is 6. The van der Waals surface area contributed by atoms with Gasteiger partial charge >= 0.3 is 0 Å². The van der Waals surface area contributed by atoms with Crippen molar-refractivity contribution in [2.24, 2.45) is 5.73 Å². The van der Waals surface area contributed by atoms with Gasteiger partial charge in [-0.1, -0.05) is 55.1 Å². The minimum absolute atomic E-state index is 0.249. The number of nitrogens with zero attached hydrogens (tertiary/aromatic N) is 2. The van der Waals surface area contributed by atoms with Gasteiger partial charge in [-0.3, -0.25) is 0 Å². The fourth-order valence-corrected chi connectivity index (χ4v) is 4.79. The highest BCUT2D eigenvalue weighted by atomic mass is 16.3. The minimum Gasteiger partial charge on any atom is -0.456 e. The van der Waals surface area contributed by atoms with Crippen LogP contribution in [0.3, 0.4) is 0 Å². The molecule has 0 bridgehead atoms. The Labute approximate surface area is 238 Å². The molecule has 5 nitrogen and oxygen atoms in total. The van der Waals surface area contributed by atoms with Gasteiger partial charge in [0.1, 0.15) is 23.3 Å². The quantitative estimate of drug-likeness (QED) is 0.124. The first-order valence-corrected chi connectivity index (χ1v) is 12.9. The first-order chi connectivity index (χ1) is 19.9. The molecular formula is C36H26N4O. The molecule has 0 aliphatic carbocycles. The summed E-state index contributed by atoms with van der Waals surface area (Å²) < 4.78 is 6.34. The second-order valence-corrected chi connectivity index (χ2v) is 9.63. The highest BCUT2D eigenvalue weighted by molar-refractivity contribution is 6.07. The molecule has 5 heteroatoms. The Morgan fingerprint density at radius 3 is 1.83 bits per heavy atom. The summed E-state index contributed by atoms with van der Waals surface area (Å²) in [6.45, 7) is 6.03. The van der Waals surface area contributed by atoms with Gasteiger partial charge in [0.15, 0.2) is 0 Å². The van der Waals surface area contributed by atoms with Crippen LogP contribution in [0.1, 0.15) is 18.1 Å². The third-order valence-electron chi connectivity index (χ3n) is 6.99. The van der Waals surface area contributed by atoms with Crippen LogP contribution in [0.2, 0.25) is 0 Å². The zero-order valence-electron chi connectivity index (χ0n) is 22.5. The summed E-state index contributed by atoms with van der Waals surface area (Å²) in [6, 6.07) is 32.6. The maximum absolute atomic E-state index is 9.20. The molecule has 1 heterocycles. The molecule has 0 fully saturated rings. The van der Waals surface area contributed by atoms with Crippen molar-refractivity contribution >= 4 is 39.3 Å². The van der Waals surface area contributed by atoms with E-state index in [-0.39, 0.29) is 5.57 Å². The predicted octanol–water partition coefficient (Wildman–Crippen LogP) is 8.80. The SMILES string of the molecule is C=C(/C=C(/C#N)C=N)c1cccc(-c2ccc3c(c2)oc2cc(-c4cccc(/C(C)=C/C(C#N)=C\N)c4)ccc23)c1. The van der Waals surface area contributed by atoms with Gasteiger partial charge in [0, 0.05) is 23.2 Å². The lowest BCUT2D eigenvalue weighted by Crippen LogP contribution is -1.86. The lowest BCUT2D eigenvalue weighted by Gasteiger charge is -2.07. The van der Waals surface area contributed by atoms with Crippen LogP contribution >= 0.6 is 0 Å². The smallest absolute Gasteiger partial charge is 0.136 e. The fourth-order valence-electron chi connectivity index (χ4n) is 4.79. The Hall–Kier alpha value is -5.91. The van der Waals surface area contributed by atoms with Gasteiger partial charge in [-0.25, -0.2) is 0 Å². The standard InChI is InChI=1S/C36H26N4O/c1-23(13-25(19-37)20-38)27-5-3-7-29(15-27)31-9-11-33-34-12-10-32(18-36(34)41-35(33)17-31)30-8-4-6-28(16-30)24(2)14-26(21-39)22-40/h3-19,21,37H,1,39H2,2H3/b24-14+,25-13+,26-21+,37-19?. The van der Waals surface area contributed by atoms with Crippen molar-refractivity contribution in [2.45, 2.75) is 6.92 Å². The van der Waals surface area contributed by atoms with E-state index in [0.717, 1.165) is 67.1 Å². The molecule has 5 aromatic rings. The normalized spacial score (nSPS) is 12.2. The largest absolute Gasteiger partial charge is 0.456 e. The molecule has 0 radical (unpaired) electrons. The average Bonchev–Trinajstić information content (AvgIpc) is 3.39. The van der Waals surface area contributed by atoms with E-state index in [1.54, 1.807) is 12.2 Å². The number of furan rings is 1. The highest BCUT2D eigenvalue weighted by Gasteiger charge is 2.11. The van der Waals surface area contributed by atoms with Crippen molar-refractivity contribution in [1.82, 2.24) is 0 Å². The molecule has 5 rings (SSSR count). The zero-order valence-corrected chi connectivity index (χ0v) is 22.5. The van der Waals surface area contributed by atoms with E-state index < -0.39 is 0 Å². The summed E-state index contributed by atoms with van der Waals surface area (Å²) in [7, 11) is 0. The second kappa shape index (κ2) is 11.5. The fraction of sp³-hybridized carbons (Fsp3) is 0.0278. The lowest BCUT2D eigenvalue weighted by molar-refractivity contribution is 0.669. The topological polar surface area (TPSA) is 111 Å². The number of fused-ring (bicyclic) bond motifs is 3. The Bertz CT molecular complexity index is 2020. The van der Waals surface area contributed by atoms with E-state index in [1.165, 1.54) is 6.20 Å². The molecule has 0 atom stereocenters. The molecule has 0 saturated carbocycles. The third-order valence-corrected chi connectivity index (χ3v) is 6.99. The van der Waals surface area contributed by atoms with Crippen molar-refractivity contribution in [3.05, 3.63) is 132 Å². The summed E-state index contributed by atoms with van der Waals surface area (Å²) in [4.78, 5) is 0. The first-order valence-electron chi connectivity index (χ1n) is 12.9. The van der Waals surface area contributed by atoms with Crippen molar-refractivity contribution in [3.63, 3.8) is 0 Å². The van der Waals surface area contributed by atoms with Crippen LogP contribution in [-0.4, -0.2) is 6.21 Å². The summed E-state index contributed by atoms with van der Waals surface area (Å²) in [5.74, 6) is 0. The Morgan fingerprint density at radius 2 is 1.29 bits per heavy atom. The number of hydrogen-bond acceptors (Lipinski definition) is 5. The summed E-state index contributed by atoms with van der Waals surface area (Å²) >= 11 is 0.